The van der Waals surface area contributed by atoms with Gasteiger partial charge in [-0.25, -0.2) is 0 Å². The largest absolute Gasteiger partial charge is 0.347 e. The summed E-state index contributed by atoms with van der Waals surface area (Å²) in [5.74, 6) is -0.308. The van der Waals surface area contributed by atoms with Gasteiger partial charge in [-0.2, -0.15) is 0 Å². The van der Waals surface area contributed by atoms with Gasteiger partial charge in [-0.1, -0.05) is 72.9 Å². The van der Waals surface area contributed by atoms with E-state index >= 15 is 0 Å². The molecular formula is C27H41BBrN3O2. The molecular weight excluding hydrogens is 489 g/mol. The topological polar surface area (TPSA) is 61.4 Å². The minimum absolute atomic E-state index is 0.00374. The zero-order valence-corrected chi connectivity index (χ0v) is 23.7. The summed E-state index contributed by atoms with van der Waals surface area (Å²) in [6.07, 6.45) is 10.9. The van der Waals surface area contributed by atoms with Gasteiger partial charge >= 0.3 is 0 Å². The van der Waals surface area contributed by atoms with Crippen molar-refractivity contribution in [1.82, 2.24) is 15.5 Å². The number of nitrogens with zero attached hydrogens (tertiary/aromatic N) is 1. The van der Waals surface area contributed by atoms with Crippen LogP contribution in [0.25, 0.3) is 0 Å². The lowest BCUT2D eigenvalue weighted by Gasteiger charge is -2.41. The molecule has 5 nitrogen and oxygen atoms in total. The van der Waals surface area contributed by atoms with Crippen LogP contribution in [0.5, 0.6) is 0 Å². The molecule has 1 fully saturated rings. The molecule has 0 unspecified atom stereocenters. The molecule has 2 N–H and O–H groups in total. The third-order valence-electron chi connectivity index (χ3n) is 6.94. The van der Waals surface area contributed by atoms with Crippen LogP contribution >= 0.6 is 15.9 Å². The molecule has 2 aliphatic rings. The first-order chi connectivity index (χ1) is 15.8. The van der Waals surface area contributed by atoms with Crippen LogP contribution in [0, 0.1) is 16.7 Å². The van der Waals surface area contributed by atoms with Gasteiger partial charge < -0.3 is 15.5 Å². The Bertz CT molecular complexity index is 913. The highest BCUT2D eigenvalue weighted by Gasteiger charge is 2.61. The predicted octanol–water partition coefficient (Wildman–Crippen LogP) is 4.96. The van der Waals surface area contributed by atoms with Crippen molar-refractivity contribution in [2.75, 3.05) is 14.1 Å². The van der Waals surface area contributed by atoms with E-state index in [1.807, 2.05) is 13.8 Å². The van der Waals surface area contributed by atoms with E-state index < -0.39 is 11.5 Å². The minimum atomic E-state index is -0.792. The van der Waals surface area contributed by atoms with E-state index in [2.05, 4.69) is 66.4 Å². The summed E-state index contributed by atoms with van der Waals surface area (Å²) in [7, 11) is 9.55. The lowest BCUT2D eigenvalue weighted by molar-refractivity contribution is -0.135. The molecule has 186 valence electrons. The molecule has 1 saturated heterocycles. The van der Waals surface area contributed by atoms with Crippen molar-refractivity contribution < 1.29 is 9.59 Å². The number of carbonyl (C=O) groups excluding carboxylic acids is 2. The number of likely N-dealkylation sites (N-methyl/N-ethyl adjacent to an activating group) is 1. The van der Waals surface area contributed by atoms with Gasteiger partial charge in [-0.3, -0.25) is 9.59 Å². The number of nitrogens with one attached hydrogen (secondary N) is 2. The van der Waals surface area contributed by atoms with Crippen LogP contribution in [0.2, 0.25) is 0 Å². The molecule has 1 heterocycles. The highest BCUT2D eigenvalue weighted by molar-refractivity contribution is 9.11. The number of amides is 2. The van der Waals surface area contributed by atoms with Crippen LogP contribution in [-0.2, 0) is 9.59 Å². The molecule has 2 radical (unpaired) electrons. The monoisotopic (exact) mass is 529 g/mol. The van der Waals surface area contributed by atoms with Crippen molar-refractivity contribution in [1.29, 1.82) is 0 Å². The van der Waals surface area contributed by atoms with Crippen molar-refractivity contribution in [2.45, 2.75) is 79.3 Å². The highest BCUT2D eigenvalue weighted by Crippen LogP contribution is 2.52. The third-order valence-corrected chi connectivity index (χ3v) is 7.50. The van der Waals surface area contributed by atoms with Gasteiger partial charge in [0.05, 0.1) is 11.5 Å². The molecule has 0 aromatic carbocycles. The summed E-state index contributed by atoms with van der Waals surface area (Å²) in [5.41, 5.74) is 1.62. The van der Waals surface area contributed by atoms with Gasteiger partial charge in [0.1, 0.15) is 7.85 Å². The van der Waals surface area contributed by atoms with Crippen molar-refractivity contribution >= 4 is 35.6 Å². The molecule has 7 heteroatoms. The minimum Gasteiger partial charge on any atom is -0.347 e. The first-order valence-corrected chi connectivity index (χ1v) is 13.0. The summed E-state index contributed by atoms with van der Waals surface area (Å²) in [6.45, 7) is 12.3. The van der Waals surface area contributed by atoms with E-state index in [-0.39, 0.29) is 29.2 Å². The fourth-order valence-electron chi connectivity index (χ4n) is 5.39. The second-order valence-electron chi connectivity index (χ2n) is 11.0. The average Bonchev–Trinajstić information content (AvgIpc) is 3.05. The summed E-state index contributed by atoms with van der Waals surface area (Å²) in [6, 6.07) is -0.628. The summed E-state index contributed by atoms with van der Waals surface area (Å²) >= 11 is 3.64. The molecule has 2 amide bonds. The van der Waals surface area contributed by atoms with E-state index in [1.54, 1.807) is 31.1 Å². The van der Waals surface area contributed by atoms with Gasteiger partial charge in [-0.15, -0.1) is 0 Å². The Labute approximate surface area is 216 Å². The van der Waals surface area contributed by atoms with Gasteiger partial charge in [-0.05, 0) is 51.0 Å². The van der Waals surface area contributed by atoms with Crippen LogP contribution in [0.3, 0.4) is 0 Å². The Morgan fingerprint density at radius 2 is 2.00 bits per heavy atom. The average molecular weight is 530 g/mol. The standard InChI is InChI=1S/C27H41BBrN3O2/c1-9-19(28)14-17(3)30-25(34)27(10-2)21(16-26(4,5)6)31-23(24(33)32(7)8)22(27)18-12-11-13-20(29)15-18/h9,13-15,21-23,31H,10-12,16H2,1-8H3,(H,30,34)/b17-14+,19-9+/t21-,22+,23-,27+/m1/s1. The van der Waals surface area contributed by atoms with Gasteiger partial charge in [0.2, 0.25) is 11.8 Å². The maximum atomic E-state index is 14.2. The summed E-state index contributed by atoms with van der Waals surface area (Å²) in [4.78, 5) is 29.3. The van der Waals surface area contributed by atoms with Crippen LogP contribution in [0.4, 0.5) is 0 Å². The molecule has 2 rings (SSSR count). The van der Waals surface area contributed by atoms with Crippen molar-refractivity contribution in [3.63, 3.8) is 0 Å². The molecule has 0 aromatic rings. The molecule has 0 saturated carbocycles. The van der Waals surface area contributed by atoms with Crippen molar-refractivity contribution in [3.05, 3.63) is 45.5 Å². The molecule has 34 heavy (non-hydrogen) atoms. The predicted molar refractivity (Wildman–Crippen MR) is 145 cm³/mol. The number of rotatable bonds is 7. The highest BCUT2D eigenvalue weighted by atomic mass is 79.9. The zero-order chi connectivity index (χ0) is 25.8. The number of carbonyl (C=O) groups is 2. The number of hydrogen-bond donors (Lipinski definition) is 2. The fourth-order valence-corrected chi connectivity index (χ4v) is 5.91. The summed E-state index contributed by atoms with van der Waals surface area (Å²) in [5, 5.41) is 6.80. The molecule has 1 aliphatic heterocycles. The quantitative estimate of drug-likeness (QED) is 0.362. The lowest BCUT2D eigenvalue weighted by atomic mass is 9.62. The van der Waals surface area contributed by atoms with E-state index in [9.17, 15) is 9.59 Å². The van der Waals surface area contributed by atoms with Gasteiger partial charge in [0, 0.05) is 36.2 Å². The molecule has 0 aromatic heterocycles. The fraction of sp³-hybridized carbons (Fsp3) is 0.630. The third kappa shape index (κ3) is 6.34. The van der Waals surface area contributed by atoms with Crippen LogP contribution in [-0.4, -0.2) is 50.7 Å². The first-order valence-electron chi connectivity index (χ1n) is 12.2. The normalized spacial score (nSPS) is 28.3. The van der Waals surface area contributed by atoms with Crippen molar-refractivity contribution in [3.8, 4) is 0 Å². The Hall–Kier alpha value is -1.60. The van der Waals surface area contributed by atoms with E-state index in [4.69, 9.17) is 7.85 Å². The smallest absolute Gasteiger partial charge is 0.239 e. The molecule has 0 bridgehead atoms. The second kappa shape index (κ2) is 11.4. The van der Waals surface area contributed by atoms with Crippen LogP contribution in [0.1, 0.15) is 67.2 Å². The maximum Gasteiger partial charge on any atom is 0.239 e. The second-order valence-corrected chi connectivity index (χ2v) is 11.9. The molecule has 1 aliphatic carbocycles. The molecule has 4 atom stereocenters. The molecule has 0 spiro atoms. The number of halogens is 1. The summed E-state index contributed by atoms with van der Waals surface area (Å²) < 4.78 is 1.01. The lowest BCUT2D eigenvalue weighted by Crippen LogP contribution is -2.52. The van der Waals surface area contributed by atoms with Gasteiger partial charge in [0.15, 0.2) is 0 Å². The first kappa shape index (κ1) is 28.6. The zero-order valence-electron chi connectivity index (χ0n) is 22.1. The van der Waals surface area contributed by atoms with E-state index in [0.29, 0.717) is 17.6 Å². The number of allylic oxidation sites excluding steroid dienone is 7. The van der Waals surface area contributed by atoms with Gasteiger partial charge in [0.25, 0.3) is 0 Å². The maximum absolute atomic E-state index is 14.2. The SMILES string of the molecule is [B]C(=C/C)/C=C(\C)NC(=O)[C@@]1(CC)[C@@H](CC(C)(C)C)N[C@@H](C(=O)N(C)C)[C@@H]1C1=CC(Br)=CCC1. The Balaban J connectivity index is 2.70. The Morgan fingerprint density at radius 3 is 2.50 bits per heavy atom. The van der Waals surface area contributed by atoms with Crippen molar-refractivity contribution in [2.24, 2.45) is 16.7 Å². The van der Waals surface area contributed by atoms with Crippen LogP contribution < -0.4 is 10.6 Å². The number of hydrogen-bond acceptors (Lipinski definition) is 3. The Kier molecular flexibility index (Phi) is 9.63. The Morgan fingerprint density at radius 1 is 1.35 bits per heavy atom. The van der Waals surface area contributed by atoms with E-state index in [1.165, 1.54) is 0 Å². The van der Waals surface area contributed by atoms with Crippen LogP contribution in [0.15, 0.2) is 45.5 Å². The van der Waals surface area contributed by atoms with E-state index in [0.717, 1.165) is 29.3 Å².